The van der Waals surface area contributed by atoms with E-state index in [1.807, 2.05) is 13.0 Å². The van der Waals surface area contributed by atoms with Gasteiger partial charge in [-0.1, -0.05) is 26.7 Å². The first-order chi connectivity index (χ1) is 11.9. The Morgan fingerprint density at radius 3 is 2.68 bits per heavy atom. The lowest BCUT2D eigenvalue weighted by Crippen LogP contribution is -2.45. The lowest BCUT2D eigenvalue weighted by molar-refractivity contribution is -0.147. The Hall–Kier alpha value is -1.89. The third kappa shape index (κ3) is 5.85. The van der Waals surface area contributed by atoms with Crippen LogP contribution in [-0.2, 0) is 14.3 Å². The number of esters is 1. The number of nitrogens with one attached hydrogen (secondary N) is 2. The smallest absolute Gasteiger partial charge is 0.325 e. The van der Waals surface area contributed by atoms with Crippen LogP contribution in [0.5, 0.6) is 0 Å². The molecule has 25 heavy (non-hydrogen) atoms. The van der Waals surface area contributed by atoms with Crippen molar-refractivity contribution in [2.24, 2.45) is 11.8 Å². The van der Waals surface area contributed by atoms with Gasteiger partial charge in [0.25, 0.3) is 11.8 Å². The van der Waals surface area contributed by atoms with E-state index in [0.29, 0.717) is 16.7 Å². The Balaban J connectivity index is 1.67. The molecule has 0 bridgehead atoms. The number of hydrogen-bond donors (Lipinski definition) is 2. The molecule has 0 aliphatic heterocycles. The topological polar surface area (TPSA) is 84.5 Å². The van der Waals surface area contributed by atoms with Crippen molar-refractivity contribution >= 4 is 29.1 Å². The van der Waals surface area contributed by atoms with Gasteiger partial charge >= 0.3 is 5.97 Å². The molecule has 6 nitrogen and oxygen atoms in total. The maximum absolute atomic E-state index is 12.0. The molecular weight excluding hydrogens is 340 g/mol. The molecule has 1 heterocycles. The predicted molar refractivity (Wildman–Crippen MR) is 96.5 cm³/mol. The van der Waals surface area contributed by atoms with E-state index in [1.54, 1.807) is 6.07 Å². The highest BCUT2D eigenvalue weighted by molar-refractivity contribution is 7.13. The monoisotopic (exact) mass is 366 g/mol. The van der Waals surface area contributed by atoms with Gasteiger partial charge in [0.1, 0.15) is 6.54 Å². The number of amides is 2. The van der Waals surface area contributed by atoms with Crippen LogP contribution in [0.25, 0.3) is 0 Å². The maximum Gasteiger partial charge on any atom is 0.325 e. The van der Waals surface area contributed by atoms with Gasteiger partial charge in [-0.15, -0.1) is 11.3 Å². The van der Waals surface area contributed by atoms with Gasteiger partial charge in [0.2, 0.25) is 0 Å². The van der Waals surface area contributed by atoms with E-state index in [1.165, 1.54) is 17.8 Å². The van der Waals surface area contributed by atoms with Crippen molar-refractivity contribution in [3.8, 4) is 0 Å². The molecule has 1 fully saturated rings. The Morgan fingerprint density at radius 1 is 1.24 bits per heavy atom. The molecule has 7 heteroatoms. The van der Waals surface area contributed by atoms with Crippen LogP contribution in [0.4, 0.5) is 0 Å². The highest BCUT2D eigenvalue weighted by Crippen LogP contribution is 2.29. The van der Waals surface area contributed by atoms with Gasteiger partial charge in [-0.2, -0.15) is 0 Å². The summed E-state index contributed by atoms with van der Waals surface area (Å²) in [5, 5.41) is 5.44. The number of ether oxygens (including phenoxy) is 1. The van der Waals surface area contributed by atoms with Crippen molar-refractivity contribution in [1.82, 2.24) is 10.6 Å². The van der Waals surface area contributed by atoms with Crippen molar-refractivity contribution in [2.75, 3.05) is 13.2 Å². The summed E-state index contributed by atoms with van der Waals surface area (Å²) < 4.78 is 4.94. The van der Waals surface area contributed by atoms with Crippen LogP contribution < -0.4 is 10.6 Å². The van der Waals surface area contributed by atoms with Crippen LogP contribution in [0.2, 0.25) is 0 Å². The van der Waals surface area contributed by atoms with Crippen molar-refractivity contribution in [3.63, 3.8) is 0 Å². The Bertz CT molecular complexity index is 628. The van der Waals surface area contributed by atoms with Crippen LogP contribution in [0, 0.1) is 18.8 Å². The fraction of sp³-hybridized carbons (Fsp3) is 0.611. The van der Waals surface area contributed by atoms with Gasteiger partial charge < -0.3 is 15.4 Å². The van der Waals surface area contributed by atoms with Crippen molar-refractivity contribution in [1.29, 1.82) is 0 Å². The highest BCUT2D eigenvalue weighted by atomic mass is 32.1. The summed E-state index contributed by atoms with van der Waals surface area (Å²) in [4.78, 5) is 37.1. The number of carbonyl (C=O) groups excluding carboxylic acids is 3. The minimum absolute atomic E-state index is 0.136. The Kier molecular flexibility index (Phi) is 6.99. The van der Waals surface area contributed by atoms with Gasteiger partial charge in [0.05, 0.1) is 4.88 Å². The third-order valence-corrected chi connectivity index (χ3v) is 5.77. The zero-order valence-electron chi connectivity index (χ0n) is 15.0. The SMILES string of the molecule is Cc1ccc(C(=O)NCC(=O)OCC(=O)N[C@@H]2CCC[C@H](C)[C@H]2C)s1. The summed E-state index contributed by atoms with van der Waals surface area (Å²) in [6.45, 7) is 5.68. The average Bonchev–Trinajstić information content (AvgIpc) is 3.01. The molecule has 0 unspecified atom stereocenters. The van der Waals surface area contributed by atoms with E-state index < -0.39 is 5.97 Å². The fourth-order valence-corrected chi connectivity index (χ4v) is 3.81. The van der Waals surface area contributed by atoms with E-state index in [0.717, 1.165) is 17.7 Å². The van der Waals surface area contributed by atoms with Gasteiger partial charge in [-0.05, 0) is 37.3 Å². The highest BCUT2D eigenvalue weighted by Gasteiger charge is 2.28. The van der Waals surface area contributed by atoms with Crippen LogP contribution >= 0.6 is 11.3 Å². The molecular formula is C18H26N2O4S. The third-order valence-electron chi connectivity index (χ3n) is 4.77. The van der Waals surface area contributed by atoms with E-state index in [9.17, 15) is 14.4 Å². The normalized spacial score (nSPS) is 22.9. The molecule has 1 aromatic rings. The number of thiophene rings is 1. The lowest BCUT2D eigenvalue weighted by atomic mass is 9.78. The minimum Gasteiger partial charge on any atom is -0.454 e. The predicted octanol–water partition coefficient (Wildman–Crippen LogP) is 2.27. The van der Waals surface area contributed by atoms with Crippen molar-refractivity contribution < 1.29 is 19.1 Å². The van der Waals surface area contributed by atoms with Crippen LogP contribution in [-0.4, -0.2) is 37.0 Å². The van der Waals surface area contributed by atoms with E-state index >= 15 is 0 Å². The average molecular weight is 366 g/mol. The zero-order valence-corrected chi connectivity index (χ0v) is 15.8. The molecule has 2 N–H and O–H groups in total. The molecule has 2 rings (SSSR count). The summed E-state index contributed by atoms with van der Waals surface area (Å²) in [6.07, 6.45) is 3.25. The van der Waals surface area contributed by atoms with Gasteiger partial charge in [-0.25, -0.2) is 0 Å². The van der Waals surface area contributed by atoms with Crippen LogP contribution in [0.1, 0.15) is 47.7 Å². The first-order valence-electron chi connectivity index (χ1n) is 8.66. The van der Waals surface area contributed by atoms with Gasteiger partial charge in [0, 0.05) is 10.9 Å². The van der Waals surface area contributed by atoms with Gasteiger partial charge in [0.15, 0.2) is 6.61 Å². The van der Waals surface area contributed by atoms with Crippen molar-refractivity contribution in [2.45, 2.75) is 46.1 Å². The summed E-state index contributed by atoms with van der Waals surface area (Å²) in [5.41, 5.74) is 0. The summed E-state index contributed by atoms with van der Waals surface area (Å²) in [5.74, 6) is -0.231. The molecule has 1 aliphatic carbocycles. The molecule has 138 valence electrons. The number of rotatable bonds is 6. The molecule has 0 radical (unpaired) electrons. The summed E-state index contributed by atoms with van der Waals surface area (Å²) in [6, 6.07) is 3.69. The van der Waals surface area contributed by atoms with Gasteiger partial charge in [-0.3, -0.25) is 14.4 Å². The quantitative estimate of drug-likeness (QED) is 0.757. The standard InChI is InChI=1S/C18H26N2O4S/c1-11-5-4-6-14(13(11)3)20-16(21)10-24-17(22)9-19-18(23)15-8-7-12(2)25-15/h7-8,11,13-14H,4-6,9-10H2,1-3H3,(H,19,23)(H,20,21)/t11-,13+,14+/m0/s1. The number of carbonyl (C=O) groups is 3. The van der Waals surface area contributed by atoms with Crippen LogP contribution in [0.15, 0.2) is 12.1 Å². The largest absolute Gasteiger partial charge is 0.454 e. The summed E-state index contributed by atoms with van der Waals surface area (Å²) in [7, 11) is 0. The first-order valence-corrected chi connectivity index (χ1v) is 9.48. The zero-order chi connectivity index (χ0) is 18.4. The lowest BCUT2D eigenvalue weighted by Gasteiger charge is -2.34. The fourth-order valence-electron chi connectivity index (χ4n) is 3.03. The molecule has 1 saturated carbocycles. The Morgan fingerprint density at radius 2 is 2.00 bits per heavy atom. The summed E-state index contributed by atoms with van der Waals surface area (Å²) >= 11 is 1.36. The second-order valence-corrected chi connectivity index (χ2v) is 7.98. The van der Waals surface area contributed by atoms with Crippen LogP contribution in [0.3, 0.4) is 0 Å². The minimum atomic E-state index is -0.623. The van der Waals surface area contributed by atoms with E-state index in [2.05, 4.69) is 24.5 Å². The second-order valence-electron chi connectivity index (χ2n) is 6.69. The Labute approximate surface area is 152 Å². The molecule has 2 amide bonds. The maximum atomic E-state index is 12.0. The molecule has 0 spiro atoms. The van der Waals surface area contributed by atoms with E-state index in [4.69, 9.17) is 4.74 Å². The van der Waals surface area contributed by atoms with Crippen molar-refractivity contribution in [3.05, 3.63) is 21.9 Å². The number of hydrogen-bond acceptors (Lipinski definition) is 5. The first kappa shape index (κ1) is 19.4. The molecule has 1 aromatic heterocycles. The van der Waals surface area contributed by atoms with E-state index in [-0.39, 0.29) is 31.0 Å². The second kappa shape index (κ2) is 8.99. The molecule has 0 aromatic carbocycles. The number of aryl methyl sites for hydroxylation is 1. The molecule has 0 saturated heterocycles. The molecule has 3 atom stereocenters. The molecule has 1 aliphatic rings.